The standard InChI is InChI=1S/C34H31N3O6S/c1-20-6-11-24(18-21(20)2)37-33(39)30(35-22-7-12-25(41-3)13-8-22)31(34(37)40)44-27-15-9-23(10-16-27)36-32(38)28-17-14-26(42-4)19-29(28)43-5/h6-19,35H,1-5H3,(H,36,38). The summed E-state index contributed by atoms with van der Waals surface area (Å²) < 4.78 is 15.8. The minimum absolute atomic E-state index is 0.173. The Bertz CT molecular complexity index is 1770. The van der Waals surface area contributed by atoms with Gasteiger partial charge in [-0.1, -0.05) is 17.8 Å². The second kappa shape index (κ2) is 13.0. The van der Waals surface area contributed by atoms with E-state index < -0.39 is 11.8 Å². The summed E-state index contributed by atoms with van der Waals surface area (Å²) in [6.07, 6.45) is 0. The van der Waals surface area contributed by atoms with E-state index in [2.05, 4.69) is 10.6 Å². The number of benzene rings is 4. The number of amides is 3. The molecule has 4 aromatic rings. The zero-order chi connectivity index (χ0) is 31.4. The Morgan fingerprint density at radius 2 is 1.36 bits per heavy atom. The van der Waals surface area contributed by atoms with Crippen LogP contribution in [0.1, 0.15) is 21.5 Å². The lowest BCUT2D eigenvalue weighted by Gasteiger charge is -2.16. The highest BCUT2D eigenvalue weighted by Gasteiger charge is 2.40. The number of imide groups is 1. The number of carbonyl (C=O) groups is 3. The van der Waals surface area contributed by atoms with E-state index in [9.17, 15) is 14.4 Å². The predicted octanol–water partition coefficient (Wildman–Crippen LogP) is 6.57. The average molecular weight is 610 g/mol. The Morgan fingerprint density at radius 3 is 2.00 bits per heavy atom. The number of hydrogen-bond acceptors (Lipinski definition) is 8. The molecular weight excluding hydrogens is 578 g/mol. The van der Waals surface area contributed by atoms with Crippen LogP contribution in [0.15, 0.2) is 100 Å². The van der Waals surface area contributed by atoms with Crippen molar-refractivity contribution >= 4 is 46.5 Å². The molecule has 10 heteroatoms. The zero-order valence-electron chi connectivity index (χ0n) is 24.9. The quantitative estimate of drug-likeness (QED) is 0.195. The summed E-state index contributed by atoms with van der Waals surface area (Å²) in [5, 5.41) is 6.02. The van der Waals surface area contributed by atoms with Gasteiger partial charge in [-0.05, 0) is 97.8 Å². The van der Waals surface area contributed by atoms with Crippen LogP contribution in [0.25, 0.3) is 0 Å². The molecule has 1 heterocycles. The third kappa shape index (κ3) is 6.25. The van der Waals surface area contributed by atoms with Gasteiger partial charge in [-0.25, -0.2) is 4.90 Å². The number of hydrogen-bond donors (Lipinski definition) is 2. The maximum absolute atomic E-state index is 13.8. The molecule has 2 N–H and O–H groups in total. The Morgan fingerprint density at radius 1 is 0.705 bits per heavy atom. The van der Waals surface area contributed by atoms with E-state index in [0.29, 0.717) is 44.8 Å². The van der Waals surface area contributed by atoms with Gasteiger partial charge < -0.3 is 24.8 Å². The van der Waals surface area contributed by atoms with Crippen LogP contribution in [-0.4, -0.2) is 39.1 Å². The Hall–Kier alpha value is -5.22. The van der Waals surface area contributed by atoms with Gasteiger partial charge in [0.15, 0.2) is 0 Å². The molecule has 3 amide bonds. The largest absolute Gasteiger partial charge is 0.497 e. The predicted molar refractivity (Wildman–Crippen MR) is 172 cm³/mol. The fourth-order valence-corrected chi connectivity index (χ4v) is 5.47. The molecule has 4 aromatic carbocycles. The molecule has 0 radical (unpaired) electrons. The van der Waals surface area contributed by atoms with Gasteiger partial charge in [-0.15, -0.1) is 0 Å². The van der Waals surface area contributed by atoms with Gasteiger partial charge in [0.2, 0.25) is 0 Å². The maximum Gasteiger partial charge on any atom is 0.283 e. The number of methoxy groups -OCH3 is 3. The lowest BCUT2D eigenvalue weighted by Crippen LogP contribution is -2.32. The van der Waals surface area contributed by atoms with Gasteiger partial charge in [-0.3, -0.25) is 14.4 Å². The molecule has 1 aliphatic heterocycles. The molecule has 5 rings (SSSR count). The van der Waals surface area contributed by atoms with Crippen molar-refractivity contribution in [2.75, 3.05) is 36.9 Å². The van der Waals surface area contributed by atoms with Crippen molar-refractivity contribution in [2.45, 2.75) is 18.7 Å². The number of nitrogens with one attached hydrogen (secondary N) is 2. The first-order valence-corrected chi connectivity index (χ1v) is 14.5. The maximum atomic E-state index is 13.8. The number of aryl methyl sites for hydroxylation is 2. The normalized spacial score (nSPS) is 12.8. The minimum Gasteiger partial charge on any atom is -0.497 e. The van der Waals surface area contributed by atoms with Crippen molar-refractivity contribution in [3.63, 3.8) is 0 Å². The lowest BCUT2D eigenvalue weighted by molar-refractivity contribution is -0.120. The number of ether oxygens (including phenoxy) is 3. The first kappa shape index (κ1) is 30.2. The summed E-state index contributed by atoms with van der Waals surface area (Å²) in [6.45, 7) is 3.91. The number of thioether (sulfide) groups is 1. The van der Waals surface area contributed by atoms with Crippen LogP contribution in [0.4, 0.5) is 17.1 Å². The Labute approximate surface area is 259 Å². The molecule has 0 aliphatic carbocycles. The van der Waals surface area contributed by atoms with Crippen LogP contribution in [-0.2, 0) is 9.59 Å². The van der Waals surface area contributed by atoms with Gasteiger partial charge >= 0.3 is 0 Å². The average Bonchev–Trinajstić information content (AvgIpc) is 3.26. The van der Waals surface area contributed by atoms with Crippen LogP contribution in [0, 0.1) is 13.8 Å². The molecule has 0 saturated heterocycles. The molecule has 0 bridgehead atoms. The van der Waals surface area contributed by atoms with Gasteiger partial charge in [0, 0.05) is 22.3 Å². The highest BCUT2D eigenvalue weighted by molar-refractivity contribution is 8.04. The van der Waals surface area contributed by atoms with Crippen molar-refractivity contribution < 1.29 is 28.6 Å². The van der Waals surface area contributed by atoms with E-state index in [1.54, 1.807) is 79.9 Å². The molecule has 0 aromatic heterocycles. The van der Waals surface area contributed by atoms with E-state index in [0.717, 1.165) is 11.1 Å². The Balaban J connectivity index is 1.40. The first-order chi connectivity index (χ1) is 21.2. The zero-order valence-corrected chi connectivity index (χ0v) is 25.7. The SMILES string of the molecule is COc1ccc(NC2=C(Sc3ccc(NC(=O)c4ccc(OC)cc4OC)cc3)C(=O)N(c3ccc(C)c(C)c3)C2=O)cc1. The molecule has 9 nitrogen and oxygen atoms in total. The van der Waals surface area contributed by atoms with Crippen molar-refractivity contribution in [3.05, 3.63) is 112 Å². The summed E-state index contributed by atoms with van der Waals surface area (Å²) >= 11 is 1.17. The van der Waals surface area contributed by atoms with E-state index in [4.69, 9.17) is 14.2 Å². The van der Waals surface area contributed by atoms with Crippen LogP contribution in [0.5, 0.6) is 17.2 Å². The molecule has 0 fully saturated rings. The number of anilines is 3. The van der Waals surface area contributed by atoms with Gasteiger partial charge in [0.05, 0.1) is 32.6 Å². The molecule has 0 spiro atoms. The molecule has 0 unspecified atom stereocenters. The summed E-state index contributed by atoms with van der Waals surface area (Å²) in [6, 6.07) is 24.6. The number of nitrogens with zero attached hydrogens (tertiary/aromatic N) is 1. The summed E-state index contributed by atoms with van der Waals surface area (Å²) in [5.74, 6) is 0.403. The van der Waals surface area contributed by atoms with Crippen molar-refractivity contribution in [2.24, 2.45) is 0 Å². The molecule has 1 aliphatic rings. The molecule has 0 atom stereocenters. The van der Waals surface area contributed by atoms with Crippen LogP contribution < -0.4 is 29.7 Å². The summed E-state index contributed by atoms with van der Waals surface area (Å²) in [4.78, 5) is 42.6. The monoisotopic (exact) mass is 609 g/mol. The first-order valence-electron chi connectivity index (χ1n) is 13.6. The van der Waals surface area contributed by atoms with E-state index in [-0.39, 0.29) is 16.5 Å². The third-order valence-electron chi connectivity index (χ3n) is 7.13. The second-order valence-electron chi connectivity index (χ2n) is 9.92. The number of carbonyl (C=O) groups excluding carboxylic acids is 3. The fourth-order valence-electron chi connectivity index (χ4n) is 4.54. The summed E-state index contributed by atoms with van der Waals surface area (Å²) in [7, 11) is 4.60. The molecule has 224 valence electrons. The van der Waals surface area contributed by atoms with Gasteiger partial charge in [0.25, 0.3) is 17.7 Å². The number of rotatable bonds is 10. The van der Waals surface area contributed by atoms with Crippen LogP contribution in [0.2, 0.25) is 0 Å². The van der Waals surface area contributed by atoms with Crippen molar-refractivity contribution in [1.29, 1.82) is 0 Å². The van der Waals surface area contributed by atoms with Gasteiger partial charge in [-0.2, -0.15) is 0 Å². The molecule has 44 heavy (non-hydrogen) atoms. The van der Waals surface area contributed by atoms with Crippen LogP contribution >= 0.6 is 11.8 Å². The molecular formula is C34H31N3O6S. The Kier molecular flexibility index (Phi) is 8.91. The fraction of sp³-hybridized carbons (Fsp3) is 0.147. The minimum atomic E-state index is -0.450. The highest BCUT2D eigenvalue weighted by atomic mass is 32.2. The van der Waals surface area contributed by atoms with Crippen LogP contribution in [0.3, 0.4) is 0 Å². The van der Waals surface area contributed by atoms with E-state index in [1.807, 2.05) is 26.0 Å². The van der Waals surface area contributed by atoms with Crippen molar-refractivity contribution in [3.8, 4) is 17.2 Å². The highest BCUT2D eigenvalue weighted by Crippen LogP contribution is 2.39. The van der Waals surface area contributed by atoms with E-state index in [1.165, 1.54) is 30.9 Å². The topological polar surface area (TPSA) is 106 Å². The van der Waals surface area contributed by atoms with Gasteiger partial charge in [0.1, 0.15) is 27.9 Å². The summed E-state index contributed by atoms with van der Waals surface area (Å²) in [5.41, 5.74) is 4.24. The smallest absolute Gasteiger partial charge is 0.283 e. The molecule has 0 saturated carbocycles. The lowest BCUT2D eigenvalue weighted by atomic mass is 10.1. The van der Waals surface area contributed by atoms with E-state index >= 15 is 0 Å². The third-order valence-corrected chi connectivity index (χ3v) is 8.23. The van der Waals surface area contributed by atoms with Crippen molar-refractivity contribution in [1.82, 2.24) is 0 Å². The second-order valence-corrected chi connectivity index (χ2v) is 11.0.